The molecule has 20 heavy (non-hydrogen) atoms. The van der Waals surface area contributed by atoms with E-state index < -0.39 is 0 Å². The Morgan fingerprint density at radius 3 is 2.30 bits per heavy atom. The molecule has 1 aromatic carbocycles. The van der Waals surface area contributed by atoms with Crippen LogP contribution in [0.3, 0.4) is 0 Å². The Kier molecular flexibility index (Phi) is 5.35. The minimum Gasteiger partial charge on any atom is -0.375 e. The first kappa shape index (κ1) is 16.7. The van der Waals surface area contributed by atoms with E-state index in [0.29, 0.717) is 13.0 Å². The molecule has 0 bridgehead atoms. The molecule has 0 aliphatic carbocycles. The average molecular weight is 277 g/mol. The molecule has 1 aromatic rings. The zero-order valence-electron chi connectivity index (χ0n) is 13.3. The second-order valence-corrected chi connectivity index (χ2v) is 6.82. The van der Waals surface area contributed by atoms with E-state index in [0.717, 1.165) is 12.0 Å². The molecular weight excluding hydrogens is 250 g/mol. The second kappa shape index (κ2) is 6.40. The van der Waals surface area contributed by atoms with Crippen molar-refractivity contribution in [1.29, 1.82) is 0 Å². The lowest BCUT2D eigenvalue weighted by Gasteiger charge is -2.38. The van der Waals surface area contributed by atoms with Crippen LogP contribution in [0.4, 0.5) is 0 Å². The third-order valence-corrected chi connectivity index (χ3v) is 4.03. The van der Waals surface area contributed by atoms with Crippen LogP contribution in [0.2, 0.25) is 0 Å². The van der Waals surface area contributed by atoms with Crippen molar-refractivity contribution in [2.45, 2.75) is 53.1 Å². The van der Waals surface area contributed by atoms with Crippen LogP contribution in [0.5, 0.6) is 0 Å². The van der Waals surface area contributed by atoms with Gasteiger partial charge in [0.2, 0.25) is 5.91 Å². The van der Waals surface area contributed by atoms with E-state index in [1.165, 1.54) is 5.56 Å². The van der Waals surface area contributed by atoms with Gasteiger partial charge in [0.1, 0.15) is 0 Å². The molecule has 0 radical (unpaired) electrons. The molecule has 0 unspecified atom stereocenters. The van der Waals surface area contributed by atoms with Gasteiger partial charge in [0.25, 0.3) is 0 Å². The summed E-state index contributed by atoms with van der Waals surface area (Å²) in [5, 5.41) is 0. The van der Waals surface area contributed by atoms with Crippen molar-refractivity contribution in [3.8, 4) is 0 Å². The Balaban J connectivity index is 2.56. The molecule has 1 rings (SSSR count). The van der Waals surface area contributed by atoms with Crippen LogP contribution in [0.1, 0.15) is 45.7 Å². The predicted molar refractivity (Wildman–Crippen MR) is 82.5 cm³/mol. The van der Waals surface area contributed by atoms with Gasteiger partial charge in [-0.1, -0.05) is 45.0 Å². The van der Waals surface area contributed by atoms with E-state index in [9.17, 15) is 4.79 Å². The Labute approximate surface area is 122 Å². The van der Waals surface area contributed by atoms with Crippen molar-refractivity contribution < 1.29 is 9.53 Å². The van der Waals surface area contributed by atoms with Crippen molar-refractivity contribution in [3.63, 3.8) is 0 Å². The van der Waals surface area contributed by atoms with Crippen LogP contribution in [0.15, 0.2) is 24.3 Å². The van der Waals surface area contributed by atoms with Gasteiger partial charge in [0, 0.05) is 0 Å². The topological polar surface area (TPSA) is 52.3 Å². The van der Waals surface area contributed by atoms with Crippen molar-refractivity contribution in [3.05, 3.63) is 35.4 Å². The summed E-state index contributed by atoms with van der Waals surface area (Å²) in [6.45, 7) is 11.5. The summed E-state index contributed by atoms with van der Waals surface area (Å²) in [4.78, 5) is 10.9. The summed E-state index contributed by atoms with van der Waals surface area (Å²) in [6.07, 6.45) is 1.13. The highest BCUT2D eigenvalue weighted by atomic mass is 16.5. The first-order valence-electron chi connectivity index (χ1n) is 7.12. The number of hydrogen-bond donors (Lipinski definition) is 1. The lowest BCUT2D eigenvalue weighted by molar-refractivity contribution is -0.117. The number of ether oxygens (including phenoxy) is 1. The van der Waals surface area contributed by atoms with Gasteiger partial charge in [-0.2, -0.15) is 0 Å². The van der Waals surface area contributed by atoms with Crippen LogP contribution in [-0.4, -0.2) is 18.1 Å². The van der Waals surface area contributed by atoms with E-state index in [2.05, 4.69) is 40.7 Å². The van der Waals surface area contributed by atoms with Crippen molar-refractivity contribution >= 4 is 5.91 Å². The Bertz CT molecular complexity index is 458. The molecule has 1 amide bonds. The van der Waals surface area contributed by atoms with E-state index in [4.69, 9.17) is 10.5 Å². The van der Waals surface area contributed by atoms with Gasteiger partial charge in [0.15, 0.2) is 0 Å². The third kappa shape index (κ3) is 4.97. The van der Waals surface area contributed by atoms with Gasteiger partial charge in [-0.3, -0.25) is 4.79 Å². The maximum absolute atomic E-state index is 10.9. The summed E-state index contributed by atoms with van der Waals surface area (Å²) in [6, 6.07) is 7.97. The molecule has 2 N–H and O–H groups in total. The molecule has 0 aliphatic rings. The molecule has 112 valence electrons. The standard InChI is InChI=1S/C17H27NO2/c1-16(2,3)17(4,5)20-10-9-13-7-6-8-14(11-13)12-15(18)19/h6-8,11H,9-10,12H2,1-5H3,(H2,18,19). The van der Waals surface area contributed by atoms with Crippen LogP contribution in [0.25, 0.3) is 0 Å². The molecule has 0 saturated heterocycles. The molecule has 0 aliphatic heterocycles. The zero-order chi connectivity index (χ0) is 15.4. The summed E-state index contributed by atoms with van der Waals surface area (Å²) in [7, 11) is 0. The fourth-order valence-electron chi connectivity index (χ4n) is 1.74. The number of primary amides is 1. The normalized spacial score (nSPS) is 12.4. The lowest BCUT2D eigenvalue weighted by Crippen LogP contribution is -2.40. The lowest BCUT2D eigenvalue weighted by atomic mass is 9.79. The number of nitrogens with two attached hydrogens (primary N) is 1. The molecular formula is C17H27NO2. The third-order valence-electron chi connectivity index (χ3n) is 4.03. The van der Waals surface area contributed by atoms with Gasteiger partial charge in [-0.25, -0.2) is 0 Å². The molecule has 0 heterocycles. The summed E-state index contributed by atoms with van der Waals surface area (Å²) < 4.78 is 6.03. The molecule has 3 heteroatoms. The minimum absolute atomic E-state index is 0.0980. The van der Waals surface area contributed by atoms with Gasteiger partial charge in [-0.05, 0) is 36.8 Å². The number of amides is 1. The molecule has 0 atom stereocenters. The van der Waals surface area contributed by atoms with Crippen molar-refractivity contribution in [1.82, 2.24) is 0 Å². The highest BCUT2D eigenvalue weighted by molar-refractivity contribution is 5.76. The van der Waals surface area contributed by atoms with Gasteiger partial charge in [0.05, 0.1) is 18.6 Å². The van der Waals surface area contributed by atoms with Crippen LogP contribution < -0.4 is 5.73 Å². The van der Waals surface area contributed by atoms with Crippen molar-refractivity contribution in [2.24, 2.45) is 11.1 Å². The Morgan fingerprint density at radius 2 is 1.75 bits per heavy atom. The molecule has 0 fully saturated rings. The smallest absolute Gasteiger partial charge is 0.221 e. The summed E-state index contributed by atoms with van der Waals surface area (Å²) >= 11 is 0. The summed E-state index contributed by atoms with van der Waals surface area (Å²) in [5.41, 5.74) is 7.28. The van der Waals surface area contributed by atoms with Crippen LogP contribution in [0, 0.1) is 5.41 Å². The maximum Gasteiger partial charge on any atom is 0.221 e. The number of carbonyl (C=O) groups excluding carboxylic acids is 1. The first-order chi connectivity index (χ1) is 9.12. The highest BCUT2D eigenvalue weighted by Gasteiger charge is 2.33. The summed E-state index contributed by atoms with van der Waals surface area (Å²) in [5.74, 6) is -0.299. The molecule has 0 spiro atoms. The number of hydrogen-bond acceptors (Lipinski definition) is 2. The SMILES string of the molecule is CC(C)(C)C(C)(C)OCCc1cccc(CC(N)=O)c1. The van der Waals surface area contributed by atoms with Crippen LogP contribution >= 0.6 is 0 Å². The maximum atomic E-state index is 10.9. The number of carbonyl (C=O) groups is 1. The predicted octanol–water partition coefficient (Wildman–Crippen LogP) is 3.10. The van der Waals surface area contributed by atoms with Gasteiger partial charge in [-0.15, -0.1) is 0 Å². The van der Waals surface area contributed by atoms with Gasteiger partial charge >= 0.3 is 0 Å². The van der Waals surface area contributed by atoms with E-state index >= 15 is 0 Å². The van der Waals surface area contributed by atoms with E-state index in [1.807, 2.05) is 18.2 Å². The molecule has 3 nitrogen and oxygen atoms in total. The number of benzene rings is 1. The van der Waals surface area contributed by atoms with Gasteiger partial charge < -0.3 is 10.5 Å². The second-order valence-electron chi connectivity index (χ2n) is 6.82. The average Bonchev–Trinajstić information content (AvgIpc) is 2.26. The van der Waals surface area contributed by atoms with Crippen LogP contribution in [-0.2, 0) is 22.4 Å². The molecule has 0 saturated carbocycles. The Hall–Kier alpha value is -1.35. The van der Waals surface area contributed by atoms with Crippen molar-refractivity contribution in [2.75, 3.05) is 6.61 Å². The fourth-order valence-corrected chi connectivity index (χ4v) is 1.74. The Morgan fingerprint density at radius 1 is 1.15 bits per heavy atom. The zero-order valence-corrected chi connectivity index (χ0v) is 13.3. The minimum atomic E-state index is -0.299. The number of rotatable bonds is 6. The molecule has 0 aromatic heterocycles. The fraction of sp³-hybridized carbons (Fsp3) is 0.588. The first-order valence-corrected chi connectivity index (χ1v) is 7.12. The monoisotopic (exact) mass is 277 g/mol. The largest absolute Gasteiger partial charge is 0.375 e. The quantitative estimate of drug-likeness (QED) is 0.868. The van der Waals surface area contributed by atoms with E-state index in [1.54, 1.807) is 0 Å². The highest BCUT2D eigenvalue weighted by Crippen LogP contribution is 2.32. The van der Waals surface area contributed by atoms with E-state index in [-0.39, 0.29) is 16.9 Å².